The number of halogens is 1. The number of hydrogen-bond donors (Lipinski definition) is 2. The Hall–Kier alpha value is -4.48. The minimum atomic E-state index is -1.10. The van der Waals surface area contributed by atoms with Crippen LogP contribution in [0, 0.1) is 6.92 Å². The molecule has 9 rings (SSSR count). The van der Waals surface area contributed by atoms with Crippen LogP contribution in [0.25, 0.3) is 11.3 Å². The zero-order valence-electron chi connectivity index (χ0n) is 32.3. The van der Waals surface area contributed by atoms with E-state index in [1.807, 2.05) is 32.2 Å². The van der Waals surface area contributed by atoms with Gasteiger partial charge in [0.15, 0.2) is 5.89 Å². The highest BCUT2D eigenvalue weighted by Crippen LogP contribution is 2.36. The molecule has 0 spiro atoms. The van der Waals surface area contributed by atoms with Crippen LogP contribution >= 0.6 is 11.6 Å². The van der Waals surface area contributed by atoms with E-state index in [0.717, 1.165) is 78.0 Å². The number of oxazole rings is 1. The molecule has 3 fully saturated rings. The van der Waals surface area contributed by atoms with E-state index in [1.54, 1.807) is 16.8 Å². The van der Waals surface area contributed by atoms with Gasteiger partial charge in [-0.15, -0.1) is 0 Å². The molecule has 0 saturated carbocycles. The normalized spacial score (nSPS) is 23.5. The lowest BCUT2D eigenvalue weighted by Gasteiger charge is -2.32. The third kappa shape index (κ3) is 8.56. The first-order chi connectivity index (χ1) is 27.5. The highest BCUT2D eigenvalue weighted by atomic mass is 35.5. The van der Waals surface area contributed by atoms with Crippen LogP contribution in [0.3, 0.4) is 0 Å². The van der Waals surface area contributed by atoms with E-state index in [4.69, 9.17) is 31.0 Å². The van der Waals surface area contributed by atoms with Gasteiger partial charge >= 0.3 is 0 Å². The number of rotatable bonds is 7. The summed E-state index contributed by atoms with van der Waals surface area (Å²) in [4.78, 5) is 53.4. The number of aryl methyl sites for hydroxylation is 3. The standard InChI is InChI=1S/C27H32N6O3S.C12H15ClN4O2S/c1-17-23(18-6-4-3-5-7-18)30-26(36-17)19-10-13-33(14-11-19)27-29-21-12-15-37(35)24(21)25(31-27)28-20-8-9-22(34)32(2)16-20;1-17-6-7(2-3-9(17)18)14-11-10-8(4-5-20(10)19)15-12(13)16-11/h3-7,19-20H,8-16H2,1-2H3,(H,28,29,31);7H,2-6H2,1H3,(H,14,15,16)/t20-,37?;7-,20?/m00/s1. The van der Waals surface area contributed by atoms with E-state index >= 15 is 0 Å². The Morgan fingerprint density at radius 3 is 1.88 bits per heavy atom. The number of piperidine rings is 3. The van der Waals surface area contributed by atoms with Gasteiger partial charge in [-0.1, -0.05) is 30.3 Å². The molecule has 18 heteroatoms. The van der Waals surface area contributed by atoms with Crippen LogP contribution < -0.4 is 15.5 Å². The molecule has 2 unspecified atom stereocenters. The molecule has 5 aliphatic heterocycles. The number of anilines is 3. The lowest BCUT2D eigenvalue weighted by molar-refractivity contribution is -0.132. The van der Waals surface area contributed by atoms with Crippen LogP contribution in [0.4, 0.5) is 17.6 Å². The second-order valence-electron chi connectivity index (χ2n) is 15.3. The van der Waals surface area contributed by atoms with E-state index in [-0.39, 0.29) is 35.1 Å². The predicted octanol–water partition coefficient (Wildman–Crippen LogP) is 4.35. The van der Waals surface area contributed by atoms with Gasteiger partial charge < -0.3 is 29.8 Å². The first kappa shape index (κ1) is 39.4. The number of benzene rings is 1. The number of nitrogens with one attached hydrogen (secondary N) is 2. The second-order valence-corrected chi connectivity index (χ2v) is 18.6. The summed E-state index contributed by atoms with van der Waals surface area (Å²) in [7, 11) is 1.45. The van der Waals surface area contributed by atoms with Gasteiger partial charge in [-0.2, -0.15) is 9.97 Å². The van der Waals surface area contributed by atoms with E-state index < -0.39 is 21.6 Å². The number of aromatic nitrogens is 5. The Bertz CT molecular complexity index is 2220. The van der Waals surface area contributed by atoms with Crippen molar-refractivity contribution in [2.24, 2.45) is 0 Å². The number of hydrogen-bond acceptors (Lipinski definition) is 13. The maximum absolute atomic E-state index is 12.8. The molecule has 3 saturated heterocycles. The number of likely N-dealkylation sites (N-methyl/N-ethyl adjacent to an activating group) is 2. The van der Waals surface area contributed by atoms with Crippen molar-refractivity contribution >= 4 is 62.6 Å². The van der Waals surface area contributed by atoms with Crippen molar-refractivity contribution in [3.63, 3.8) is 0 Å². The van der Waals surface area contributed by atoms with Gasteiger partial charge in [0.2, 0.25) is 23.0 Å². The molecule has 2 N–H and O–H groups in total. The molecule has 0 bridgehead atoms. The van der Waals surface area contributed by atoms with Crippen LogP contribution in [0.15, 0.2) is 44.5 Å². The van der Waals surface area contributed by atoms with Crippen molar-refractivity contribution in [1.29, 1.82) is 0 Å². The Balaban J connectivity index is 0.000000192. The zero-order chi connectivity index (χ0) is 39.8. The summed E-state index contributed by atoms with van der Waals surface area (Å²) < 4.78 is 30.9. The smallest absolute Gasteiger partial charge is 0.227 e. The molecular weight excluding hydrogens is 788 g/mol. The molecule has 8 heterocycles. The molecule has 0 aliphatic carbocycles. The third-order valence-corrected chi connectivity index (χ3v) is 14.3. The van der Waals surface area contributed by atoms with E-state index in [1.165, 1.54) is 0 Å². The molecule has 57 heavy (non-hydrogen) atoms. The number of carbonyl (C=O) groups is 2. The molecule has 5 aliphatic rings. The van der Waals surface area contributed by atoms with Crippen molar-refractivity contribution in [3.05, 3.63) is 58.7 Å². The van der Waals surface area contributed by atoms with Crippen LogP contribution in [0.1, 0.15) is 67.5 Å². The largest absolute Gasteiger partial charge is 0.445 e. The summed E-state index contributed by atoms with van der Waals surface area (Å²) >= 11 is 5.92. The van der Waals surface area contributed by atoms with Gasteiger partial charge in [0, 0.05) is 101 Å². The molecule has 15 nitrogen and oxygen atoms in total. The van der Waals surface area contributed by atoms with Crippen LogP contribution in [0.5, 0.6) is 0 Å². The monoisotopic (exact) mass is 834 g/mol. The highest BCUT2D eigenvalue weighted by molar-refractivity contribution is 7.85. The summed E-state index contributed by atoms with van der Waals surface area (Å²) in [5.41, 5.74) is 3.64. The van der Waals surface area contributed by atoms with Crippen molar-refractivity contribution in [2.75, 3.05) is 67.3 Å². The van der Waals surface area contributed by atoms with Gasteiger partial charge in [0.05, 0.1) is 33.0 Å². The molecule has 2 amide bonds. The number of amides is 2. The van der Waals surface area contributed by atoms with Gasteiger partial charge in [-0.3, -0.25) is 18.0 Å². The maximum atomic E-state index is 12.8. The molecule has 4 atom stereocenters. The van der Waals surface area contributed by atoms with Crippen LogP contribution in [-0.4, -0.2) is 119 Å². The maximum Gasteiger partial charge on any atom is 0.227 e. The molecular formula is C39H47ClN10O5S2. The summed E-state index contributed by atoms with van der Waals surface area (Å²) in [6.45, 7) is 4.81. The first-order valence-corrected chi connectivity index (χ1v) is 22.5. The lowest BCUT2D eigenvalue weighted by atomic mass is 9.97. The summed E-state index contributed by atoms with van der Waals surface area (Å²) in [6, 6.07) is 10.3. The SMILES string of the molecule is CN1C[C@@H](Nc2nc(Cl)nc3c2S(=O)CC3)CCC1=O.Cc1oc(C2CCN(c3nc4c(c(N[C@H]5CCC(=O)N(C)C5)n3)S(=O)CC4)CC2)nc1-c1ccccc1. The van der Waals surface area contributed by atoms with Gasteiger partial charge in [0.25, 0.3) is 0 Å². The first-order valence-electron chi connectivity index (χ1n) is 19.5. The summed E-state index contributed by atoms with van der Waals surface area (Å²) in [5, 5.41) is 6.96. The van der Waals surface area contributed by atoms with Crippen molar-refractivity contribution < 1.29 is 22.4 Å². The van der Waals surface area contributed by atoms with E-state index in [2.05, 4.69) is 37.6 Å². The fourth-order valence-electron chi connectivity index (χ4n) is 8.12. The topological polar surface area (TPSA) is 180 Å². The third-order valence-electron chi connectivity index (χ3n) is 11.3. The average molecular weight is 835 g/mol. The summed E-state index contributed by atoms with van der Waals surface area (Å²) in [6.07, 6.45) is 5.68. The van der Waals surface area contributed by atoms with Crippen molar-refractivity contribution in [2.45, 2.75) is 86.1 Å². The highest BCUT2D eigenvalue weighted by Gasteiger charge is 2.33. The molecule has 4 aromatic rings. The van der Waals surface area contributed by atoms with Crippen LogP contribution in [0.2, 0.25) is 5.28 Å². The Labute approximate surface area is 341 Å². The Morgan fingerprint density at radius 1 is 0.737 bits per heavy atom. The fourth-order valence-corrected chi connectivity index (χ4v) is 10.9. The summed E-state index contributed by atoms with van der Waals surface area (Å²) in [5.74, 6) is 5.29. The second kappa shape index (κ2) is 16.8. The number of nitrogens with zero attached hydrogens (tertiary/aromatic N) is 8. The van der Waals surface area contributed by atoms with E-state index in [0.29, 0.717) is 72.8 Å². The zero-order valence-corrected chi connectivity index (χ0v) is 34.7. The lowest BCUT2D eigenvalue weighted by Crippen LogP contribution is -2.43. The molecule has 0 radical (unpaired) electrons. The van der Waals surface area contributed by atoms with Gasteiger partial charge in [-0.25, -0.2) is 15.0 Å². The van der Waals surface area contributed by atoms with Crippen molar-refractivity contribution in [3.8, 4) is 11.3 Å². The quantitative estimate of drug-likeness (QED) is 0.252. The predicted molar refractivity (Wildman–Crippen MR) is 218 cm³/mol. The minimum absolute atomic E-state index is 0.0879. The van der Waals surface area contributed by atoms with Crippen molar-refractivity contribution in [1.82, 2.24) is 34.7 Å². The van der Waals surface area contributed by atoms with Gasteiger partial charge in [0.1, 0.15) is 32.9 Å². The average Bonchev–Trinajstić information content (AvgIpc) is 3.91. The van der Waals surface area contributed by atoms with E-state index in [9.17, 15) is 18.0 Å². The minimum Gasteiger partial charge on any atom is -0.445 e. The van der Waals surface area contributed by atoms with Crippen LogP contribution in [-0.2, 0) is 44.0 Å². The number of likely N-dealkylation sites (tertiary alicyclic amines) is 2. The molecule has 302 valence electrons. The van der Waals surface area contributed by atoms with Gasteiger partial charge in [-0.05, 0) is 44.2 Å². The number of fused-ring (bicyclic) bond motifs is 2. The molecule has 3 aromatic heterocycles. The molecule has 1 aromatic carbocycles. The number of carbonyl (C=O) groups excluding carboxylic acids is 2. The Kier molecular flexibility index (Phi) is 11.6. The Morgan fingerprint density at radius 2 is 1.30 bits per heavy atom. The fraction of sp³-hybridized carbons (Fsp3) is 0.513.